The van der Waals surface area contributed by atoms with Crippen molar-refractivity contribution in [3.8, 4) is 28.5 Å². The Labute approximate surface area is 185 Å². The van der Waals surface area contributed by atoms with E-state index in [9.17, 15) is 9.90 Å². The highest BCUT2D eigenvalue weighted by molar-refractivity contribution is 5.79. The van der Waals surface area contributed by atoms with Gasteiger partial charge >= 0.3 is 5.97 Å². The third kappa shape index (κ3) is 3.93. The molecule has 162 valence electrons. The second-order valence-corrected chi connectivity index (χ2v) is 8.60. The molecule has 1 aromatic carbocycles. The topological polar surface area (TPSA) is 101 Å². The Morgan fingerprint density at radius 1 is 1.03 bits per heavy atom. The van der Waals surface area contributed by atoms with Crippen LogP contribution < -0.4 is 4.74 Å². The molecule has 0 saturated heterocycles. The van der Waals surface area contributed by atoms with Gasteiger partial charge in [-0.05, 0) is 62.9 Å². The summed E-state index contributed by atoms with van der Waals surface area (Å²) in [5.74, 6) is 0.618. The minimum Gasteiger partial charge on any atom is -0.481 e. The summed E-state index contributed by atoms with van der Waals surface area (Å²) in [5, 5.41) is 9.36. The Hall–Kier alpha value is -3.74. The van der Waals surface area contributed by atoms with Crippen molar-refractivity contribution < 1.29 is 14.6 Å². The molecule has 1 aliphatic carbocycles. The molecule has 0 atom stereocenters. The number of imidazole rings is 1. The van der Waals surface area contributed by atoms with E-state index >= 15 is 0 Å². The average Bonchev–Trinajstić information content (AvgIpc) is 3.26. The van der Waals surface area contributed by atoms with Crippen molar-refractivity contribution in [3.63, 3.8) is 0 Å². The quantitative estimate of drug-likeness (QED) is 0.459. The van der Waals surface area contributed by atoms with Gasteiger partial charge in [-0.25, -0.2) is 9.97 Å². The van der Waals surface area contributed by atoms with Gasteiger partial charge in [-0.3, -0.25) is 9.78 Å². The highest BCUT2D eigenvalue weighted by Gasteiger charge is 2.38. The van der Waals surface area contributed by atoms with E-state index in [0.717, 1.165) is 46.5 Å². The second-order valence-electron chi connectivity index (χ2n) is 8.60. The van der Waals surface area contributed by atoms with Gasteiger partial charge in [-0.15, -0.1) is 0 Å². The van der Waals surface area contributed by atoms with E-state index in [0.29, 0.717) is 18.7 Å². The highest BCUT2D eigenvalue weighted by atomic mass is 16.5. The Kier molecular flexibility index (Phi) is 5.09. The lowest BCUT2D eigenvalue weighted by atomic mass is 9.75. The van der Waals surface area contributed by atoms with Crippen LogP contribution in [0.2, 0.25) is 0 Å². The Morgan fingerprint density at radius 3 is 2.44 bits per heavy atom. The van der Waals surface area contributed by atoms with Crippen LogP contribution in [0.3, 0.4) is 0 Å². The lowest BCUT2D eigenvalue weighted by Gasteiger charge is -2.33. The van der Waals surface area contributed by atoms with Crippen molar-refractivity contribution in [1.29, 1.82) is 0 Å². The summed E-state index contributed by atoms with van der Waals surface area (Å²) in [6.07, 6.45) is 6.23. The third-order valence-electron chi connectivity index (χ3n) is 6.30. The predicted octanol–water partition coefficient (Wildman–Crippen LogP) is 5.10. The molecular weight excluding hydrogens is 404 g/mol. The maximum Gasteiger partial charge on any atom is 0.309 e. The van der Waals surface area contributed by atoms with E-state index < -0.39 is 11.4 Å². The molecule has 0 spiro atoms. The number of aromatic nitrogens is 4. The molecule has 7 nitrogen and oxygen atoms in total. The zero-order valence-corrected chi connectivity index (χ0v) is 17.8. The summed E-state index contributed by atoms with van der Waals surface area (Å²) in [7, 11) is 0. The molecule has 0 unspecified atom stereocenters. The molecule has 0 amide bonds. The number of fused-ring (bicyclic) bond motifs is 1. The first-order chi connectivity index (χ1) is 15.5. The summed E-state index contributed by atoms with van der Waals surface area (Å²) in [6.45, 7) is 1.81. The summed E-state index contributed by atoms with van der Waals surface area (Å²) in [5.41, 5.74) is 3.92. The van der Waals surface area contributed by atoms with Crippen molar-refractivity contribution in [1.82, 2.24) is 19.9 Å². The van der Waals surface area contributed by atoms with Gasteiger partial charge in [-0.2, -0.15) is 0 Å². The van der Waals surface area contributed by atoms with Gasteiger partial charge in [0, 0.05) is 29.6 Å². The molecular formula is C25H24N4O3. The smallest absolute Gasteiger partial charge is 0.309 e. The standard InChI is InChI=1S/C25H24N4O3/c1-25(24(30)31)12-10-18(11-13-25)32-22-9-7-16(14-27-22)19-8-6-17(15-26-19)23-28-20-4-2-3-5-21(20)29-23/h2-9,14-15,18H,10-13H2,1H3,(H,28,29)(H,30,31). The minimum atomic E-state index is -0.725. The number of ether oxygens (including phenoxy) is 1. The second kappa shape index (κ2) is 8.07. The molecule has 4 aromatic rings. The number of nitrogens with one attached hydrogen (secondary N) is 1. The van der Waals surface area contributed by atoms with Crippen molar-refractivity contribution in [3.05, 3.63) is 60.9 Å². The van der Waals surface area contributed by atoms with Crippen LogP contribution in [0.1, 0.15) is 32.6 Å². The Bertz CT molecular complexity index is 1210. The van der Waals surface area contributed by atoms with E-state index in [2.05, 4.69) is 19.9 Å². The normalized spacial score (nSPS) is 20.8. The van der Waals surface area contributed by atoms with Crippen LogP contribution in [0, 0.1) is 5.41 Å². The summed E-state index contributed by atoms with van der Waals surface area (Å²) in [6, 6.07) is 15.7. The van der Waals surface area contributed by atoms with Gasteiger partial charge in [0.15, 0.2) is 0 Å². The average molecular weight is 428 g/mol. The number of rotatable bonds is 5. The van der Waals surface area contributed by atoms with Gasteiger partial charge < -0.3 is 14.8 Å². The first-order valence-corrected chi connectivity index (χ1v) is 10.8. The van der Waals surface area contributed by atoms with E-state index in [1.807, 2.05) is 55.5 Å². The van der Waals surface area contributed by atoms with Gasteiger partial charge in [0.1, 0.15) is 11.9 Å². The summed E-state index contributed by atoms with van der Waals surface area (Å²) in [4.78, 5) is 28.3. The van der Waals surface area contributed by atoms with Crippen molar-refractivity contribution in [2.24, 2.45) is 5.41 Å². The van der Waals surface area contributed by atoms with Gasteiger partial charge in [0.05, 0.1) is 22.1 Å². The van der Waals surface area contributed by atoms with E-state index in [-0.39, 0.29) is 6.10 Å². The van der Waals surface area contributed by atoms with Crippen LogP contribution >= 0.6 is 0 Å². The molecule has 5 rings (SSSR count). The molecule has 0 bridgehead atoms. The first kappa shape index (κ1) is 20.2. The number of H-pyrrole nitrogens is 1. The van der Waals surface area contributed by atoms with Crippen LogP contribution in [-0.4, -0.2) is 37.1 Å². The van der Waals surface area contributed by atoms with Crippen molar-refractivity contribution in [2.45, 2.75) is 38.7 Å². The molecule has 1 saturated carbocycles. The highest BCUT2D eigenvalue weighted by Crippen LogP contribution is 2.37. The number of carbonyl (C=O) groups is 1. The Morgan fingerprint density at radius 2 is 1.78 bits per heavy atom. The molecule has 0 aliphatic heterocycles. The summed E-state index contributed by atoms with van der Waals surface area (Å²) < 4.78 is 5.99. The van der Waals surface area contributed by atoms with Crippen LogP contribution in [-0.2, 0) is 4.79 Å². The van der Waals surface area contributed by atoms with Crippen LogP contribution in [0.5, 0.6) is 5.88 Å². The van der Waals surface area contributed by atoms with Crippen LogP contribution in [0.25, 0.3) is 33.7 Å². The molecule has 1 fully saturated rings. The number of aromatic amines is 1. The fourth-order valence-electron chi connectivity index (χ4n) is 4.13. The SMILES string of the molecule is CC1(C(=O)O)CCC(Oc2ccc(-c3ccc(-c4nc5ccccc5[nH]4)cn3)cn2)CC1. The van der Waals surface area contributed by atoms with Crippen LogP contribution in [0.4, 0.5) is 0 Å². The van der Waals surface area contributed by atoms with Crippen molar-refractivity contribution in [2.75, 3.05) is 0 Å². The number of aliphatic carboxylic acids is 1. The molecule has 7 heteroatoms. The zero-order chi connectivity index (χ0) is 22.1. The van der Waals surface area contributed by atoms with E-state index in [4.69, 9.17) is 4.74 Å². The number of nitrogens with zero attached hydrogens (tertiary/aromatic N) is 3. The van der Waals surface area contributed by atoms with E-state index in [1.165, 1.54) is 0 Å². The maximum atomic E-state index is 11.4. The number of carboxylic acids is 1. The third-order valence-corrected chi connectivity index (χ3v) is 6.30. The molecule has 2 N–H and O–H groups in total. The number of pyridine rings is 2. The van der Waals surface area contributed by atoms with E-state index in [1.54, 1.807) is 12.4 Å². The molecule has 3 heterocycles. The number of benzene rings is 1. The maximum absolute atomic E-state index is 11.4. The number of carboxylic acid groups (broad SMARTS) is 1. The van der Waals surface area contributed by atoms with Gasteiger partial charge in [-0.1, -0.05) is 12.1 Å². The number of hydrogen-bond donors (Lipinski definition) is 2. The Balaban J connectivity index is 1.25. The minimum absolute atomic E-state index is 0.00185. The number of hydrogen-bond acceptors (Lipinski definition) is 5. The van der Waals surface area contributed by atoms with Crippen molar-refractivity contribution >= 4 is 17.0 Å². The lowest BCUT2D eigenvalue weighted by Crippen LogP contribution is -2.36. The fourth-order valence-corrected chi connectivity index (χ4v) is 4.13. The lowest BCUT2D eigenvalue weighted by molar-refractivity contribution is -0.150. The molecule has 32 heavy (non-hydrogen) atoms. The monoisotopic (exact) mass is 428 g/mol. The first-order valence-electron chi connectivity index (χ1n) is 10.8. The van der Waals surface area contributed by atoms with Gasteiger partial charge in [0.2, 0.25) is 5.88 Å². The molecule has 1 aliphatic rings. The molecule has 0 radical (unpaired) electrons. The van der Waals surface area contributed by atoms with Crippen LogP contribution in [0.15, 0.2) is 60.9 Å². The predicted molar refractivity (Wildman–Crippen MR) is 121 cm³/mol. The fraction of sp³-hybridized carbons (Fsp3) is 0.280. The largest absolute Gasteiger partial charge is 0.481 e. The molecule has 3 aromatic heterocycles. The summed E-state index contributed by atoms with van der Waals surface area (Å²) >= 11 is 0. The number of para-hydroxylation sites is 2. The zero-order valence-electron chi connectivity index (χ0n) is 17.8. The van der Waals surface area contributed by atoms with Gasteiger partial charge in [0.25, 0.3) is 0 Å².